The van der Waals surface area contributed by atoms with Gasteiger partial charge in [-0.1, -0.05) is 18.0 Å². The summed E-state index contributed by atoms with van der Waals surface area (Å²) in [5, 5.41) is 18.2. The Morgan fingerprint density at radius 2 is 1.94 bits per heavy atom. The van der Waals surface area contributed by atoms with Crippen LogP contribution in [0.4, 0.5) is 24.5 Å². The number of carbonyl (C=O) groups is 1. The molecule has 0 bridgehead atoms. The van der Waals surface area contributed by atoms with Crippen LogP contribution in [0.3, 0.4) is 0 Å². The number of hydrogen-bond donors (Lipinski definition) is 1. The minimum atomic E-state index is -4.62. The number of nitro benzene ring substituents is 1. The first-order valence-electron chi connectivity index (χ1n) is 11.2. The standard InChI is InChI=1S/C24H22ClF3N4O4/c1-14-9-15(25)7-8-21(14)36-18-11-16(10-17(12-18)32(34)35)29-22(33)13-31-20-6-4-2-3-5-19(20)23(30-31)24(26,27)28/h7-12H,2-6,13H2,1H3,(H,29,33). The Morgan fingerprint density at radius 3 is 2.64 bits per heavy atom. The third-order valence-corrected chi connectivity index (χ3v) is 6.05. The highest BCUT2D eigenvalue weighted by molar-refractivity contribution is 6.30. The molecule has 3 aromatic rings. The minimum absolute atomic E-state index is 0.0603. The van der Waals surface area contributed by atoms with Crippen LogP contribution in [0, 0.1) is 17.0 Å². The number of halogens is 4. The average Bonchev–Trinajstić information content (AvgIpc) is 2.96. The van der Waals surface area contributed by atoms with Crippen LogP contribution < -0.4 is 10.1 Å². The molecule has 190 valence electrons. The largest absolute Gasteiger partial charge is 0.457 e. The van der Waals surface area contributed by atoms with Gasteiger partial charge in [-0.3, -0.25) is 19.6 Å². The maximum Gasteiger partial charge on any atom is 0.435 e. The van der Waals surface area contributed by atoms with E-state index < -0.39 is 29.2 Å². The summed E-state index contributed by atoms with van der Waals surface area (Å²) in [6.45, 7) is 1.29. The van der Waals surface area contributed by atoms with Crippen molar-refractivity contribution in [3.63, 3.8) is 0 Å². The van der Waals surface area contributed by atoms with Crippen molar-refractivity contribution >= 4 is 28.9 Å². The van der Waals surface area contributed by atoms with E-state index in [1.165, 1.54) is 12.1 Å². The molecule has 0 saturated carbocycles. The summed E-state index contributed by atoms with van der Waals surface area (Å²) in [6.07, 6.45) is -1.86. The summed E-state index contributed by atoms with van der Waals surface area (Å²) < 4.78 is 47.5. The topological polar surface area (TPSA) is 99.3 Å². The average molecular weight is 523 g/mol. The number of fused-ring (bicyclic) bond motifs is 1. The van der Waals surface area contributed by atoms with Crippen molar-refractivity contribution in [2.45, 2.75) is 51.7 Å². The zero-order chi connectivity index (χ0) is 26.0. The molecule has 0 saturated heterocycles. The number of nitro groups is 1. The summed E-state index contributed by atoms with van der Waals surface area (Å²) in [6, 6.07) is 8.61. The highest BCUT2D eigenvalue weighted by Gasteiger charge is 2.39. The first-order valence-corrected chi connectivity index (χ1v) is 11.6. The number of benzene rings is 2. The van der Waals surface area contributed by atoms with Gasteiger partial charge in [0.2, 0.25) is 5.91 Å². The van der Waals surface area contributed by atoms with E-state index in [2.05, 4.69) is 10.4 Å². The number of rotatable bonds is 6. The molecule has 1 amide bonds. The van der Waals surface area contributed by atoms with E-state index in [0.717, 1.165) is 17.2 Å². The van der Waals surface area contributed by atoms with Gasteiger partial charge >= 0.3 is 6.18 Å². The Morgan fingerprint density at radius 1 is 1.19 bits per heavy atom. The summed E-state index contributed by atoms with van der Waals surface area (Å²) in [5.41, 5.74) is -0.00346. The molecule has 0 spiro atoms. The first kappa shape index (κ1) is 25.5. The molecule has 0 radical (unpaired) electrons. The highest BCUT2D eigenvalue weighted by atomic mass is 35.5. The Labute approximate surface area is 209 Å². The summed E-state index contributed by atoms with van der Waals surface area (Å²) in [4.78, 5) is 23.6. The maximum absolute atomic E-state index is 13.5. The van der Waals surface area contributed by atoms with Gasteiger partial charge in [0.15, 0.2) is 5.69 Å². The molecule has 4 rings (SSSR count). The molecular formula is C24H22ClF3N4O4. The molecule has 0 fully saturated rings. The molecule has 1 heterocycles. The maximum atomic E-state index is 13.5. The number of non-ortho nitro benzene ring substituents is 1. The number of anilines is 1. The van der Waals surface area contributed by atoms with E-state index in [1.807, 2.05) is 0 Å². The molecule has 8 nitrogen and oxygen atoms in total. The van der Waals surface area contributed by atoms with Gasteiger partial charge in [-0.25, -0.2) is 0 Å². The second-order valence-electron chi connectivity index (χ2n) is 8.52. The summed E-state index contributed by atoms with van der Waals surface area (Å²) in [7, 11) is 0. The van der Waals surface area contributed by atoms with Crippen molar-refractivity contribution in [3.8, 4) is 11.5 Å². The van der Waals surface area contributed by atoms with E-state index in [-0.39, 0.29) is 29.1 Å². The van der Waals surface area contributed by atoms with Gasteiger partial charge in [-0.15, -0.1) is 0 Å². The monoisotopic (exact) mass is 522 g/mol. The summed E-state index contributed by atoms with van der Waals surface area (Å²) in [5.74, 6) is -0.166. The molecule has 2 aromatic carbocycles. The predicted octanol–water partition coefficient (Wildman–Crippen LogP) is 6.47. The second-order valence-corrected chi connectivity index (χ2v) is 8.96. The Hall–Kier alpha value is -3.60. The Kier molecular flexibility index (Phi) is 7.21. The Bertz CT molecular complexity index is 1320. The van der Waals surface area contributed by atoms with Crippen LogP contribution in [0.25, 0.3) is 0 Å². The van der Waals surface area contributed by atoms with Gasteiger partial charge in [0, 0.05) is 28.4 Å². The van der Waals surface area contributed by atoms with Crippen molar-refractivity contribution in [2.24, 2.45) is 0 Å². The fraction of sp³-hybridized carbons (Fsp3) is 0.333. The van der Waals surface area contributed by atoms with E-state index in [1.54, 1.807) is 25.1 Å². The minimum Gasteiger partial charge on any atom is -0.457 e. The molecule has 1 aliphatic carbocycles. The van der Waals surface area contributed by atoms with E-state index in [0.29, 0.717) is 41.3 Å². The lowest BCUT2D eigenvalue weighted by molar-refractivity contribution is -0.384. The molecule has 0 atom stereocenters. The number of aromatic nitrogens is 2. The molecule has 0 unspecified atom stereocenters. The van der Waals surface area contributed by atoms with Crippen LogP contribution in [0.15, 0.2) is 36.4 Å². The number of hydrogen-bond acceptors (Lipinski definition) is 5. The lowest BCUT2D eigenvalue weighted by Gasteiger charge is -2.12. The van der Waals surface area contributed by atoms with Crippen LogP contribution in [0.5, 0.6) is 11.5 Å². The van der Waals surface area contributed by atoms with E-state index >= 15 is 0 Å². The van der Waals surface area contributed by atoms with Gasteiger partial charge in [-0.05, 0) is 56.4 Å². The van der Waals surface area contributed by atoms with Crippen molar-refractivity contribution < 1.29 is 27.6 Å². The van der Waals surface area contributed by atoms with Crippen LogP contribution in [0.2, 0.25) is 5.02 Å². The number of amides is 1. The van der Waals surface area contributed by atoms with Crippen LogP contribution in [0.1, 0.15) is 41.8 Å². The molecule has 12 heteroatoms. The number of carbonyl (C=O) groups excluding carboxylic acids is 1. The number of aryl methyl sites for hydroxylation is 1. The van der Waals surface area contributed by atoms with E-state index in [4.69, 9.17) is 16.3 Å². The van der Waals surface area contributed by atoms with Crippen molar-refractivity contribution in [2.75, 3.05) is 5.32 Å². The third kappa shape index (κ3) is 5.78. The van der Waals surface area contributed by atoms with Gasteiger partial charge in [0.05, 0.1) is 16.7 Å². The number of nitrogens with one attached hydrogen (secondary N) is 1. The SMILES string of the molecule is Cc1cc(Cl)ccc1Oc1cc(NC(=O)Cn2nc(C(F)(F)F)c3c2CCCCC3)cc([N+](=O)[O-])c1. The second kappa shape index (κ2) is 10.2. The van der Waals surface area contributed by atoms with Crippen LogP contribution in [-0.4, -0.2) is 20.6 Å². The van der Waals surface area contributed by atoms with Crippen molar-refractivity contribution in [1.82, 2.24) is 9.78 Å². The molecular weight excluding hydrogens is 501 g/mol. The lowest BCUT2D eigenvalue weighted by atomic mass is 10.1. The van der Waals surface area contributed by atoms with Crippen LogP contribution in [-0.2, 0) is 30.4 Å². The van der Waals surface area contributed by atoms with Crippen LogP contribution >= 0.6 is 11.6 Å². The van der Waals surface area contributed by atoms with Gasteiger partial charge in [0.25, 0.3) is 5.69 Å². The summed E-state index contributed by atoms with van der Waals surface area (Å²) >= 11 is 5.95. The molecule has 1 N–H and O–H groups in total. The lowest BCUT2D eigenvalue weighted by Crippen LogP contribution is -2.21. The number of ether oxygens (including phenoxy) is 1. The smallest absolute Gasteiger partial charge is 0.435 e. The molecule has 36 heavy (non-hydrogen) atoms. The zero-order valence-corrected chi connectivity index (χ0v) is 19.9. The normalized spacial score (nSPS) is 13.6. The molecule has 1 aromatic heterocycles. The highest BCUT2D eigenvalue weighted by Crippen LogP contribution is 2.36. The van der Waals surface area contributed by atoms with Gasteiger partial charge < -0.3 is 10.1 Å². The zero-order valence-electron chi connectivity index (χ0n) is 19.2. The van der Waals surface area contributed by atoms with E-state index in [9.17, 15) is 28.1 Å². The first-order chi connectivity index (χ1) is 17.0. The van der Waals surface area contributed by atoms with Gasteiger partial charge in [-0.2, -0.15) is 18.3 Å². The molecule has 1 aliphatic rings. The predicted molar refractivity (Wildman–Crippen MR) is 126 cm³/mol. The van der Waals surface area contributed by atoms with Gasteiger partial charge in [0.1, 0.15) is 18.0 Å². The van der Waals surface area contributed by atoms with Crippen molar-refractivity contribution in [3.05, 3.63) is 74.0 Å². The fourth-order valence-corrected chi connectivity index (χ4v) is 4.44. The number of alkyl halides is 3. The van der Waals surface area contributed by atoms with Crippen molar-refractivity contribution in [1.29, 1.82) is 0 Å². The molecule has 0 aliphatic heterocycles. The quantitative estimate of drug-likeness (QED) is 0.227. The third-order valence-electron chi connectivity index (χ3n) is 5.82. The number of nitrogens with zero attached hydrogens (tertiary/aromatic N) is 3. The Balaban J connectivity index is 1.58. The fourth-order valence-electron chi connectivity index (χ4n) is 4.22.